The van der Waals surface area contributed by atoms with Gasteiger partial charge in [0, 0.05) is 11.6 Å². The summed E-state index contributed by atoms with van der Waals surface area (Å²) in [7, 11) is 1.60. The zero-order valence-electron chi connectivity index (χ0n) is 17.9. The molecule has 1 heterocycles. The van der Waals surface area contributed by atoms with Crippen molar-refractivity contribution >= 4 is 16.6 Å². The van der Waals surface area contributed by atoms with Gasteiger partial charge in [-0.25, -0.2) is 0 Å². The molecule has 2 N–H and O–H groups in total. The number of carbonyl (C=O) groups is 1. The van der Waals surface area contributed by atoms with Crippen LogP contribution in [0.3, 0.4) is 0 Å². The summed E-state index contributed by atoms with van der Waals surface area (Å²) in [6.07, 6.45) is 6.03. The third-order valence-electron chi connectivity index (χ3n) is 5.95. The van der Waals surface area contributed by atoms with E-state index in [-0.39, 0.29) is 11.5 Å². The molecule has 0 aliphatic carbocycles. The van der Waals surface area contributed by atoms with Gasteiger partial charge in [0.15, 0.2) is 5.78 Å². The van der Waals surface area contributed by atoms with Gasteiger partial charge in [-0.3, -0.25) is 4.79 Å². The molecule has 1 saturated heterocycles. The minimum atomic E-state index is -0.220. The normalized spacial score (nSPS) is 16.6. The Labute approximate surface area is 183 Å². The van der Waals surface area contributed by atoms with Crippen LogP contribution in [0.4, 0.5) is 0 Å². The molecule has 0 radical (unpaired) electrons. The topological polar surface area (TPSA) is 67.8 Å². The SMILES string of the molecule is COc1ccc2c(C(=O)c3ccc(OCCC4CCCCCN4)cc3)c(O)ccc2c1. The Morgan fingerprint density at radius 3 is 2.65 bits per heavy atom. The quantitative estimate of drug-likeness (QED) is 0.523. The number of phenolic OH excluding ortho intramolecular Hbond substituents is 1. The number of hydrogen-bond donors (Lipinski definition) is 2. The molecule has 5 heteroatoms. The lowest BCUT2D eigenvalue weighted by molar-refractivity contribution is 0.103. The number of fused-ring (bicyclic) bond motifs is 1. The van der Waals surface area contributed by atoms with E-state index in [1.807, 2.05) is 18.2 Å². The van der Waals surface area contributed by atoms with Gasteiger partial charge in [-0.15, -0.1) is 0 Å². The number of hydrogen-bond acceptors (Lipinski definition) is 5. The fraction of sp³-hybridized carbons (Fsp3) is 0.346. The lowest BCUT2D eigenvalue weighted by Gasteiger charge is -2.16. The number of nitrogens with one attached hydrogen (secondary N) is 1. The van der Waals surface area contributed by atoms with Crippen molar-refractivity contribution in [3.63, 3.8) is 0 Å². The van der Waals surface area contributed by atoms with Crippen molar-refractivity contribution in [3.8, 4) is 17.2 Å². The molecule has 0 amide bonds. The maximum Gasteiger partial charge on any atom is 0.197 e. The number of rotatable bonds is 7. The van der Waals surface area contributed by atoms with Crippen molar-refractivity contribution in [1.29, 1.82) is 0 Å². The van der Waals surface area contributed by atoms with Crippen LogP contribution in [-0.4, -0.2) is 37.2 Å². The van der Waals surface area contributed by atoms with E-state index in [0.717, 1.165) is 24.1 Å². The summed E-state index contributed by atoms with van der Waals surface area (Å²) in [6, 6.07) is 16.4. The van der Waals surface area contributed by atoms with Crippen LogP contribution in [0, 0.1) is 0 Å². The second-order valence-electron chi connectivity index (χ2n) is 8.04. The van der Waals surface area contributed by atoms with Gasteiger partial charge in [0.2, 0.25) is 0 Å². The first-order valence-corrected chi connectivity index (χ1v) is 11.0. The van der Waals surface area contributed by atoms with Gasteiger partial charge < -0.3 is 19.9 Å². The van der Waals surface area contributed by atoms with Crippen molar-refractivity contribution < 1.29 is 19.4 Å². The average Bonchev–Trinajstić information content (AvgIpc) is 3.08. The Morgan fingerprint density at radius 2 is 1.84 bits per heavy atom. The summed E-state index contributed by atoms with van der Waals surface area (Å²) in [5.41, 5.74) is 0.810. The number of phenols is 1. The Bertz CT molecular complexity index is 1040. The van der Waals surface area contributed by atoms with E-state index in [1.54, 1.807) is 43.5 Å². The third kappa shape index (κ3) is 5.00. The third-order valence-corrected chi connectivity index (χ3v) is 5.95. The molecular formula is C26H29NO4. The molecule has 0 bridgehead atoms. The van der Waals surface area contributed by atoms with Gasteiger partial charge in [0.05, 0.1) is 19.3 Å². The largest absolute Gasteiger partial charge is 0.507 e. The highest BCUT2D eigenvalue weighted by Gasteiger charge is 2.18. The average molecular weight is 420 g/mol. The fourth-order valence-corrected chi connectivity index (χ4v) is 4.18. The molecule has 1 fully saturated rings. The highest BCUT2D eigenvalue weighted by Crippen LogP contribution is 2.32. The van der Waals surface area contributed by atoms with Gasteiger partial charge in [0.25, 0.3) is 0 Å². The molecule has 162 valence electrons. The predicted octanol–water partition coefficient (Wildman–Crippen LogP) is 5.09. The summed E-state index contributed by atoms with van der Waals surface area (Å²) in [5.74, 6) is 1.20. The van der Waals surface area contributed by atoms with Crippen LogP contribution in [0.25, 0.3) is 10.8 Å². The summed E-state index contributed by atoms with van der Waals surface area (Å²) in [5, 5.41) is 15.5. The highest BCUT2D eigenvalue weighted by atomic mass is 16.5. The number of carbonyl (C=O) groups excluding carboxylic acids is 1. The van der Waals surface area contributed by atoms with Crippen molar-refractivity contribution in [2.24, 2.45) is 0 Å². The van der Waals surface area contributed by atoms with E-state index < -0.39 is 0 Å². The van der Waals surface area contributed by atoms with E-state index in [9.17, 15) is 9.90 Å². The van der Waals surface area contributed by atoms with Gasteiger partial charge in [-0.2, -0.15) is 0 Å². The minimum absolute atomic E-state index is 0.0288. The lowest BCUT2D eigenvalue weighted by atomic mass is 9.96. The smallest absolute Gasteiger partial charge is 0.197 e. The van der Waals surface area contributed by atoms with Crippen LogP contribution in [0.15, 0.2) is 54.6 Å². The molecule has 0 spiro atoms. The summed E-state index contributed by atoms with van der Waals surface area (Å²) < 4.78 is 11.2. The number of methoxy groups -OCH3 is 1. The Kier molecular flexibility index (Phi) is 6.73. The fourth-order valence-electron chi connectivity index (χ4n) is 4.18. The molecule has 3 aromatic rings. The van der Waals surface area contributed by atoms with E-state index in [0.29, 0.717) is 34.9 Å². The predicted molar refractivity (Wildman–Crippen MR) is 122 cm³/mol. The Balaban J connectivity index is 1.45. The molecule has 1 unspecified atom stereocenters. The molecule has 1 atom stereocenters. The van der Waals surface area contributed by atoms with E-state index in [2.05, 4.69) is 5.32 Å². The van der Waals surface area contributed by atoms with Crippen LogP contribution in [-0.2, 0) is 0 Å². The molecular weight excluding hydrogens is 390 g/mol. The maximum atomic E-state index is 13.2. The van der Waals surface area contributed by atoms with Gasteiger partial charge in [-0.05, 0) is 85.1 Å². The minimum Gasteiger partial charge on any atom is -0.507 e. The van der Waals surface area contributed by atoms with Gasteiger partial charge >= 0.3 is 0 Å². The van der Waals surface area contributed by atoms with Crippen LogP contribution in [0.2, 0.25) is 0 Å². The number of ether oxygens (including phenoxy) is 2. The summed E-state index contributed by atoms with van der Waals surface area (Å²) >= 11 is 0. The van der Waals surface area contributed by atoms with Crippen molar-refractivity contribution in [2.45, 2.75) is 38.1 Å². The molecule has 4 rings (SSSR count). The maximum absolute atomic E-state index is 13.2. The van der Waals surface area contributed by atoms with E-state index >= 15 is 0 Å². The van der Waals surface area contributed by atoms with E-state index in [1.165, 1.54) is 25.7 Å². The molecule has 1 aliphatic rings. The van der Waals surface area contributed by atoms with Crippen LogP contribution >= 0.6 is 0 Å². The molecule has 31 heavy (non-hydrogen) atoms. The highest BCUT2D eigenvalue weighted by molar-refractivity contribution is 6.18. The molecule has 0 aromatic heterocycles. The van der Waals surface area contributed by atoms with Crippen molar-refractivity contribution in [2.75, 3.05) is 20.3 Å². The monoisotopic (exact) mass is 419 g/mol. The second kappa shape index (κ2) is 9.84. The van der Waals surface area contributed by atoms with Crippen molar-refractivity contribution in [3.05, 3.63) is 65.7 Å². The zero-order chi connectivity index (χ0) is 21.6. The first-order chi connectivity index (χ1) is 15.2. The van der Waals surface area contributed by atoms with Gasteiger partial charge in [-0.1, -0.05) is 18.9 Å². The lowest BCUT2D eigenvalue weighted by Crippen LogP contribution is -2.29. The first-order valence-electron chi connectivity index (χ1n) is 11.0. The Morgan fingerprint density at radius 1 is 1.03 bits per heavy atom. The number of benzene rings is 3. The summed E-state index contributed by atoms with van der Waals surface area (Å²) in [6.45, 7) is 1.74. The van der Waals surface area contributed by atoms with Crippen LogP contribution < -0.4 is 14.8 Å². The molecule has 0 saturated carbocycles. The van der Waals surface area contributed by atoms with Crippen LogP contribution in [0.5, 0.6) is 17.2 Å². The van der Waals surface area contributed by atoms with E-state index in [4.69, 9.17) is 9.47 Å². The number of aromatic hydroxyl groups is 1. The standard InChI is InChI=1S/C26H29NO4/c1-30-22-11-12-23-19(17-22)8-13-24(28)25(23)26(29)18-6-9-21(10-7-18)31-16-14-20-5-3-2-4-15-27-20/h6-13,17,20,27-28H,2-5,14-16H2,1H3. The molecule has 1 aliphatic heterocycles. The molecule has 3 aromatic carbocycles. The molecule has 5 nitrogen and oxygen atoms in total. The second-order valence-corrected chi connectivity index (χ2v) is 8.04. The Hall–Kier alpha value is -3.05. The van der Waals surface area contributed by atoms with Crippen LogP contribution in [0.1, 0.15) is 48.0 Å². The zero-order valence-corrected chi connectivity index (χ0v) is 17.9. The first kappa shape index (κ1) is 21.2. The van der Waals surface area contributed by atoms with Gasteiger partial charge in [0.1, 0.15) is 17.2 Å². The summed E-state index contributed by atoms with van der Waals surface area (Å²) in [4.78, 5) is 13.2. The number of ketones is 1. The van der Waals surface area contributed by atoms with Crippen molar-refractivity contribution in [1.82, 2.24) is 5.32 Å².